The minimum atomic E-state index is -0.158. The molecule has 3 nitrogen and oxygen atoms in total. The Morgan fingerprint density at radius 2 is 2.05 bits per heavy atom. The molecule has 0 spiro atoms. The number of rotatable bonds is 4. The van der Waals surface area contributed by atoms with Gasteiger partial charge in [0.25, 0.3) is 0 Å². The summed E-state index contributed by atoms with van der Waals surface area (Å²) in [7, 11) is 0. The van der Waals surface area contributed by atoms with Crippen molar-refractivity contribution in [2.24, 2.45) is 5.10 Å². The molecule has 0 atom stereocenters. The number of nitrogens with one attached hydrogen (secondary N) is 1. The summed E-state index contributed by atoms with van der Waals surface area (Å²) in [6, 6.07) is 11.0. The van der Waals surface area contributed by atoms with Crippen molar-refractivity contribution in [2.45, 2.75) is 6.42 Å². The second-order valence-corrected chi connectivity index (χ2v) is 6.67. The van der Waals surface area contributed by atoms with Crippen molar-refractivity contribution in [2.75, 3.05) is 0 Å². The van der Waals surface area contributed by atoms with Crippen LogP contribution in [0, 0.1) is 0 Å². The van der Waals surface area contributed by atoms with Crippen molar-refractivity contribution in [1.29, 1.82) is 0 Å². The van der Waals surface area contributed by atoms with Crippen LogP contribution in [-0.4, -0.2) is 12.1 Å². The molecule has 0 fully saturated rings. The smallest absolute Gasteiger partial charge is 0.244 e. The molecule has 1 aromatic heterocycles. The van der Waals surface area contributed by atoms with Gasteiger partial charge in [-0.2, -0.15) is 5.10 Å². The monoisotopic (exact) mass is 356 g/mol. The standard InChI is InChI=1S/C13H10BrClN2OS/c14-12-6-5-11(19-12)8-16-17-13(18)7-9-1-3-10(15)4-2-9/h1-6,8H,7H2,(H,17,18). The van der Waals surface area contributed by atoms with E-state index in [9.17, 15) is 4.79 Å². The fraction of sp³-hybridized carbons (Fsp3) is 0.0769. The van der Waals surface area contributed by atoms with Crippen molar-refractivity contribution >= 4 is 51.0 Å². The lowest BCUT2D eigenvalue weighted by molar-refractivity contribution is -0.120. The summed E-state index contributed by atoms with van der Waals surface area (Å²) in [5.74, 6) is -0.158. The molecule has 2 rings (SSSR count). The molecule has 0 unspecified atom stereocenters. The largest absolute Gasteiger partial charge is 0.273 e. The van der Waals surface area contributed by atoms with E-state index in [0.29, 0.717) is 5.02 Å². The minimum absolute atomic E-state index is 0.158. The minimum Gasteiger partial charge on any atom is -0.273 e. The summed E-state index contributed by atoms with van der Waals surface area (Å²) < 4.78 is 1.03. The molecule has 0 aliphatic carbocycles. The maximum Gasteiger partial charge on any atom is 0.244 e. The number of hydrogen-bond donors (Lipinski definition) is 1. The van der Waals surface area contributed by atoms with Crippen molar-refractivity contribution in [3.05, 3.63) is 55.6 Å². The Morgan fingerprint density at radius 3 is 2.68 bits per heavy atom. The van der Waals surface area contributed by atoms with E-state index in [1.807, 2.05) is 24.3 Å². The Balaban J connectivity index is 1.84. The van der Waals surface area contributed by atoms with Crippen LogP contribution in [-0.2, 0) is 11.2 Å². The van der Waals surface area contributed by atoms with E-state index in [1.165, 1.54) is 0 Å². The summed E-state index contributed by atoms with van der Waals surface area (Å²) in [4.78, 5) is 12.6. The SMILES string of the molecule is O=C(Cc1ccc(Cl)cc1)NN=Cc1ccc(Br)s1. The van der Waals surface area contributed by atoms with Crippen LogP contribution >= 0.6 is 38.9 Å². The number of carbonyl (C=O) groups is 1. The third-order valence-corrected chi connectivity index (χ3v) is 4.06. The number of carbonyl (C=O) groups excluding carboxylic acids is 1. The summed E-state index contributed by atoms with van der Waals surface area (Å²) >= 11 is 10.7. The van der Waals surface area contributed by atoms with Crippen LogP contribution < -0.4 is 5.43 Å². The van der Waals surface area contributed by atoms with Gasteiger partial charge < -0.3 is 0 Å². The van der Waals surface area contributed by atoms with E-state index in [0.717, 1.165) is 14.2 Å². The maximum atomic E-state index is 11.6. The van der Waals surface area contributed by atoms with Crippen molar-refractivity contribution < 1.29 is 4.79 Å². The second-order valence-electron chi connectivity index (χ2n) is 3.74. The Morgan fingerprint density at radius 1 is 1.32 bits per heavy atom. The number of amides is 1. The van der Waals surface area contributed by atoms with E-state index < -0.39 is 0 Å². The highest BCUT2D eigenvalue weighted by Crippen LogP contribution is 2.20. The number of hydrogen-bond acceptors (Lipinski definition) is 3. The lowest BCUT2D eigenvalue weighted by Crippen LogP contribution is -2.19. The third kappa shape index (κ3) is 4.78. The van der Waals surface area contributed by atoms with Gasteiger partial charge in [-0.05, 0) is 45.8 Å². The van der Waals surface area contributed by atoms with Crippen LogP contribution in [0.5, 0.6) is 0 Å². The van der Waals surface area contributed by atoms with Gasteiger partial charge >= 0.3 is 0 Å². The number of nitrogens with zero attached hydrogens (tertiary/aromatic N) is 1. The molecule has 2 aromatic rings. The maximum absolute atomic E-state index is 11.6. The molecule has 6 heteroatoms. The zero-order valence-corrected chi connectivity index (χ0v) is 12.9. The van der Waals surface area contributed by atoms with Crippen LogP contribution in [0.3, 0.4) is 0 Å². The fourth-order valence-electron chi connectivity index (χ4n) is 1.39. The third-order valence-electron chi connectivity index (χ3n) is 2.25. The number of hydrazone groups is 1. The molecule has 98 valence electrons. The van der Waals surface area contributed by atoms with Gasteiger partial charge in [0.05, 0.1) is 16.4 Å². The van der Waals surface area contributed by atoms with Crippen molar-refractivity contribution in [1.82, 2.24) is 5.43 Å². The Labute approximate surface area is 128 Å². The van der Waals surface area contributed by atoms with Crippen molar-refractivity contribution in [3.8, 4) is 0 Å². The van der Waals surface area contributed by atoms with Crippen LogP contribution in [0.25, 0.3) is 0 Å². The molecule has 0 saturated carbocycles. The summed E-state index contributed by atoms with van der Waals surface area (Å²) in [6.07, 6.45) is 1.90. The first-order valence-corrected chi connectivity index (χ1v) is 7.44. The first-order valence-electron chi connectivity index (χ1n) is 5.45. The highest BCUT2D eigenvalue weighted by atomic mass is 79.9. The molecule has 19 heavy (non-hydrogen) atoms. The lowest BCUT2D eigenvalue weighted by atomic mass is 10.1. The molecule has 1 heterocycles. The van der Waals surface area contributed by atoms with E-state index in [1.54, 1.807) is 29.7 Å². The van der Waals surface area contributed by atoms with Gasteiger partial charge in [0.1, 0.15) is 0 Å². The summed E-state index contributed by atoms with van der Waals surface area (Å²) in [5, 5.41) is 4.57. The van der Waals surface area contributed by atoms with Gasteiger partial charge in [0.15, 0.2) is 0 Å². The van der Waals surface area contributed by atoms with Crippen LogP contribution in [0.4, 0.5) is 0 Å². The Bertz CT molecular complexity index is 595. The highest BCUT2D eigenvalue weighted by molar-refractivity contribution is 9.11. The molecule has 1 amide bonds. The van der Waals surface area contributed by atoms with Gasteiger partial charge in [-0.15, -0.1) is 11.3 Å². The molecule has 1 aromatic carbocycles. The Hall–Kier alpha value is -1.17. The molecular formula is C13H10BrClN2OS. The van der Waals surface area contributed by atoms with Crippen LogP contribution in [0.1, 0.15) is 10.4 Å². The molecule has 0 bridgehead atoms. The predicted octanol–water partition coefficient (Wildman–Crippen LogP) is 3.86. The second kappa shape index (κ2) is 6.84. The van der Waals surface area contributed by atoms with E-state index in [4.69, 9.17) is 11.6 Å². The highest BCUT2D eigenvalue weighted by Gasteiger charge is 2.01. The van der Waals surface area contributed by atoms with Crippen LogP contribution in [0.15, 0.2) is 45.3 Å². The zero-order chi connectivity index (χ0) is 13.7. The average Bonchev–Trinajstić information content (AvgIpc) is 2.78. The summed E-state index contributed by atoms with van der Waals surface area (Å²) in [6.45, 7) is 0. The normalized spacial score (nSPS) is 10.8. The van der Waals surface area contributed by atoms with E-state index in [-0.39, 0.29) is 12.3 Å². The van der Waals surface area contributed by atoms with Gasteiger partial charge in [-0.25, -0.2) is 5.43 Å². The molecule has 0 aliphatic rings. The molecule has 1 N–H and O–H groups in total. The van der Waals surface area contributed by atoms with Gasteiger partial charge in [-0.1, -0.05) is 23.7 Å². The van der Waals surface area contributed by atoms with Crippen molar-refractivity contribution in [3.63, 3.8) is 0 Å². The molecule has 0 radical (unpaired) electrons. The summed E-state index contributed by atoms with van der Waals surface area (Å²) in [5.41, 5.74) is 3.39. The van der Waals surface area contributed by atoms with Crippen LogP contribution in [0.2, 0.25) is 5.02 Å². The van der Waals surface area contributed by atoms with Gasteiger partial charge in [0, 0.05) is 9.90 Å². The number of benzene rings is 1. The van der Waals surface area contributed by atoms with E-state index in [2.05, 4.69) is 26.5 Å². The van der Waals surface area contributed by atoms with E-state index >= 15 is 0 Å². The number of halogens is 2. The molecule has 0 aliphatic heterocycles. The van der Waals surface area contributed by atoms with Gasteiger partial charge in [-0.3, -0.25) is 4.79 Å². The first kappa shape index (κ1) is 14.2. The molecule has 0 saturated heterocycles. The first-order chi connectivity index (χ1) is 9.13. The van der Waals surface area contributed by atoms with Gasteiger partial charge in [0.2, 0.25) is 5.91 Å². The lowest BCUT2D eigenvalue weighted by Gasteiger charge is -2.00. The average molecular weight is 358 g/mol. The fourth-order valence-corrected chi connectivity index (χ4v) is 2.81. The Kier molecular flexibility index (Phi) is 5.13. The molecular weight excluding hydrogens is 348 g/mol. The topological polar surface area (TPSA) is 41.5 Å². The predicted molar refractivity (Wildman–Crippen MR) is 82.9 cm³/mol. The zero-order valence-electron chi connectivity index (χ0n) is 9.77. The quantitative estimate of drug-likeness (QED) is 0.655. The number of thiophene rings is 1.